The summed E-state index contributed by atoms with van der Waals surface area (Å²) in [5.41, 5.74) is 4.87. The molecule has 0 saturated heterocycles. The van der Waals surface area contributed by atoms with Gasteiger partial charge in [-0.15, -0.1) is 0 Å². The maximum atomic E-state index is 6.00. The summed E-state index contributed by atoms with van der Waals surface area (Å²) in [4.78, 5) is 4.99. The van der Waals surface area contributed by atoms with E-state index in [-0.39, 0.29) is 5.54 Å². The summed E-state index contributed by atoms with van der Waals surface area (Å²) < 4.78 is 6.00. The topological polar surface area (TPSA) is 25.5 Å². The number of aliphatic imine (C=N–C) groups is 1. The minimum atomic E-state index is -0.270. The second-order valence-electron chi connectivity index (χ2n) is 6.93. The summed E-state index contributed by atoms with van der Waals surface area (Å²) in [6, 6.07) is 24.9. The van der Waals surface area contributed by atoms with Gasteiger partial charge in [0, 0.05) is 16.5 Å². The summed E-state index contributed by atoms with van der Waals surface area (Å²) in [5, 5.41) is 2.30. The second-order valence-corrected chi connectivity index (χ2v) is 6.93. The van der Waals surface area contributed by atoms with E-state index in [0.717, 1.165) is 33.2 Å². The number of furan rings is 1. The van der Waals surface area contributed by atoms with Gasteiger partial charge >= 0.3 is 0 Å². The molecule has 0 unspecified atom stereocenters. The molecule has 0 N–H and O–H groups in total. The van der Waals surface area contributed by atoms with E-state index in [0.29, 0.717) is 0 Å². The number of para-hydroxylation sites is 1. The lowest BCUT2D eigenvalue weighted by molar-refractivity contribution is 0.558. The fourth-order valence-electron chi connectivity index (χ4n) is 3.35. The standard InChI is InChI=1S/C23H21NO/c1-16(24-23(2,3)18-9-5-4-6-10-18)17-13-14-20-19-11-7-8-12-21(19)25-22(20)15-17/h4-15H,1-3H3. The Balaban J connectivity index is 1.77. The van der Waals surface area contributed by atoms with Crippen molar-refractivity contribution in [1.82, 2.24) is 0 Å². The average molecular weight is 327 g/mol. The van der Waals surface area contributed by atoms with Gasteiger partial charge in [0.2, 0.25) is 0 Å². The fourth-order valence-corrected chi connectivity index (χ4v) is 3.35. The van der Waals surface area contributed by atoms with E-state index in [2.05, 4.69) is 69.3 Å². The molecule has 0 spiro atoms. The molecule has 0 aliphatic rings. The monoisotopic (exact) mass is 327 g/mol. The quantitative estimate of drug-likeness (QED) is 0.404. The van der Waals surface area contributed by atoms with E-state index >= 15 is 0 Å². The molecule has 1 aromatic heterocycles. The van der Waals surface area contributed by atoms with Crippen LogP contribution in [0.3, 0.4) is 0 Å². The lowest BCUT2D eigenvalue weighted by Crippen LogP contribution is -2.16. The van der Waals surface area contributed by atoms with Gasteiger partial charge in [0.15, 0.2) is 0 Å². The number of fused-ring (bicyclic) bond motifs is 3. The zero-order chi connectivity index (χ0) is 17.4. The zero-order valence-corrected chi connectivity index (χ0v) is 14.8. The molecule has 124 valence electrons. The number of nitrogens with zero attached hydrogens (tertiary/aromatic N) is 1. The van der Waals surface area contributed by atoms with Crippen molar-refractivity contribution in [2.24, 2.45) is 4.99 Å². The number of rotatable bonds is 3. The van der Waals surface area contributed by atoms with Gasteiger partial charge in [-0.05, 0) is 50.1 Å². The first-order valence-corrected chi connectivity index (χ1v) is 8.58. The lowest BCUT2D eigenvalue weighted by atomic mass is 9.94. The van der Waals surface area contributed by atoms with Gasteiger partial charge in [-0.3, -0.25) is 4.99 Å². The Morgan fingerprint density at radius 2 is 1.48 bits per heavy atom. The summed E-state index contributed by atoms with van der Waals surface area (Å²) in [5.74, 6) is 0. The summed E-state index contributed by atoms with van der Waals surface area (Å²) in [6.45, 7) is 6.35. The van der Waals surface area contributed by atoms with Crippen molar-refractivity contribution in [3.63, 3.8) is 0 Å². The first-order chi connectivity index (χ1) is 12.0. The van der Waals surface area contributed by atoms with Crippen LogP contribution in [0.5, 0.6) is 0 Å². The predicted molar refractivity (Wildman–Crippen MR) is 105 cm³/mol. The van der Waals surface area contributed by atoms with Crippen LogP contribution in [0.4, 0.5) is 0 Å². The molecule has 3 aromatic carbocycles. The van der Waals surface area contributed by atoms with Crippen molar-refractivity contribution < 1.29 is 4.42 Å². The fraction of sp³-hybridized carbons (Fsp3) is 0.174. The Morgan fingerprint density at radius 3 is 2.28 bits per heavy atom. The molecule has 0 radical (unpaired) electrons. The molecule has 0 saturated carbocycles. The Bertz CT molecular complexity index is 1070. The smallest absolute Gasteiger partial charge is 0.136 e. The van der Waals surface area contributed by atoms with E-state index in [9.17, 15) is 0 Å². The third kappa shape index (κ3) is 2.85. The molecule has 4 aromatic rings. The lowest BCUT2D eigenvalue weighted by Gasteiger charge is -2.21. The Kier molecular flexibility index (Phi) is 3.69. The van der Waals surface area contributed by atoms with Gasteiger partial charge in [0.25, 0.3) is 0 Å². The maximum absolute atomic E-state index is 6.00. The molecular formula is C23H21NO. The van der Waals surface area contributed by atoms with E-state index in [1.54, 1.807) is 0 Å². The normalized spacial score (nSPS) is 12.8. The first-order valence-electron chi connectivity index (χ1n) is 8.58. The largest absolute Gasteiger partial charge is 0.456 e. The van der Waals surface area contributed by atoms with E-state index in [1.165, 1.54) is 5.56 Å². The average Bonchev–Trinajstić information content (AvgIpc) is 3.00. The highest BCUT2D eigenvalue weighted by Gasteiger charge is 2.19. The molecule has 1 heterocycles. The van der Waals surface area contributed by atoms with Crippen molar-refractivity contribution in [3.05, 3.63) is 83.9 Å². The molecule has 2 nitrogen and oxygen atoms in total. The van der Waals surface area contributed by atoms with Gasteiger partial charge in [0.1, 0.15) is 11.2 Å². The summed E-state index contributed by atoms with van der Waals surface area (Å²) in [7, 11) is 0. The van der Waals surface area contributed by atoms with E-state index in [4.69, 9.17) is 9.41 Å². The third-order valence-corrected chi connectivity index (χ3v) is 4.72. The molecular weight excluding hydrogens is 306 g/mol. The highest BCUT2D eigenvalue weighted by Crippen LogP contribution is 2.30. The molecule has 4 rings (SSSR count). The third-order valence-electron chi connectivity index (χ3n) is 4.72. The van der Waals surface area contributed by atoms with Crippen LogP contribution >= 0.6 is 0 Å². The van der Waals surface area contributed by atoms with Crippen LogP contribution in [0, 0.1) is 0 Å². The molecule has 0 amide bonds. The number of hydrogen-bond acceptors (Lipinski definition) is 2. The van der Waals surface area contributed by atoms with Crippen molar-refractivity contribution in [2.75, 3.05) is 0 Å². The number of hydrogen-bond donors (Lipinski definition) is 0. The minimum absolute atomic E-state index is 0.270. The second kappa shape index (κ2) is 5.89. The maximum Gasteiger partial charge on any atom is 0.136 e. The minimum Gasteiger partial charge on any atom is -0.456 e. The summed E-state index contributed by atoms with van der Waals surface area (Å²) in [6.07, 6.45) is 0. The Hall–Kier alpha value is -2.87. The van der Waals surface area contributed by atoms with Crippen molar-refractivity contribution in [2.45, 2.75) is 26.3 Å². The first kappa shape index (κ1) is 15.6. The molecule has 2 heteroatoms. The van der Waals surface area contributed by atoms with E-state index < -0.39 is 0 Å². The SMILES string of the molecule is CC(=NC(C)(C)c1ccccc1)c1ccc2c(c1)oc1ccccc12. The van der Waals surface area contributed by atoms with Gasteiger partial charge in [0.05, 0.1) is 5.54 Å². The van der Waals surface area contributed by atoms with Crippen LogP contribution in [-0.2, 0) is 5.54 Å². The molecule has 25 heavy (non-hydrogen) atoms. The highest BCUT2D eigenvalue weighted by atomic mass is 16.3. The van der Waals surface area contributed by atoms with Crippen LogP contribution in [0.1, 0.15) is 31.9 Å². The van der Waals surface area contributed by atoms with Crippen LogP contribution in [0.25, 0.3) is 21.9 Å². The van der Waals surface area contributed by atoms with E-state index in [1.807, 2.05) is 24.3 Å². The van der Waals surface area contributed by atoms with Crippen LogP contribution in [0.2, 0.25) is 0 Å². The molecule has 0 bridgehead atoms. The zero-order valence-electron chi connectivity index (χ0n) is 14.8. The van der Waals surface area contributed by atoms with Gasteiger partial charge in [-0.2, -0.15) is 0 Å². The van der Waals surface area contributed by atoms with Crippen LogP contribution in [-0.4, -0.2) is 5.71 Å². The summed E-state index contributed by atoms with van der Waals surface area (Å²) >= 11 is 0. The molecule has 0 aliphatic heterocycles. The van der Waals surface area contributed by atoms with Crippen molar-refractivity contribution in [3.8, 4) is 0 Å². The molecule has 0 atom stereocenters. The van der Waals surface area contributed by atoms with Crippen molar-refractivity contribution >= 4 is 27.7 Å². The van der Waals surface area contributed by atoms with Crippen LogP contribution in [0.15, 0.2) is 82.2 Å². The Labute approximate surface area is 147 Å². The van der Waals surface area contributed by atoms with Crippen LogP contribution < -0.4 is 0 Å². The Morgan fingerprint density at radius 1 is 0.800 bits per heavy atom. The van der Waals surface area contributed by atoms with Crippen molar-refractivity contribution in [1.29, 1.82) is 0 Å². The molecule has 0 fully saturated rings. The predicted octanol–water partition coefficient (Wildman–Crippen LogP) is 6.33. The highest BCUT2D eigenvalue weighted by molar-refractivity contribution is 6.08. The van der Waals surface area contributed by atoms with Gasteiger partial charge < -0.3 is 4.42 Å². The molecule has 0 aliphatic carbocycles. The van der Waals surface area contributed by atoms with Gasteiger partial charge in [-0.1, -0.05) is 54.6 Å². The van der Waals surface area contributed by atoms with Gasteiger partial charge in [-0.25, -0.2) is 0 Å². The number of benzene rings is 3.